The van der Waals surface area contributed by atoms with Gasteiger partial charge in [-0.2, -0.15) is 5.10 Å². The highest BCUT2D eigenvalue weighted by molar-refractivity contribution is 6.35. The Kier molecular flexibility index (Phi) is 5.04. The minimum Gasteiger partial charge on any atom is -0.379 e. The van der Waals surface area contributed by atoms with Gasteiger partial charge in [0.05, 0.1) is 46.6 Å². The van der Waals surface area contributed by atoms with Crippen LogP contribution < -0.4 is 16.4 Å². The van der Waals surface area contributed by atoms with Crippen LogP contribution in [-0.4, -0.2) is 42.6 Å². The lowest BCUT2D eigenvalue weighted by Crippen LogP contribution is -2.32. The molecule has 0 fully saturated rings. The van der Waals surface area contributed by atoms with Crippen LogP contribution in [0.15, 0.2) is 24.8 Å². The van der Waals surface area contributed by atoms with Gasteiger partial charge in [0.1, 0.15) is 0 Å². The summed E-state index contributed by atoms with van der Waals surface area (Å²) in [5.41, 5.74) is 7.66. The summed E-state index contributed by atoms with van der Waals surface area (Å²) in [5, 5.41) is 13.1. The number of benzene rings is 1. The maximum absolute atomic E-state index is 15.1. The Morgan fingerprint density at radius 1 is 1.30 bits per heavy atom. The first-order valence-electron chi connectivity index (χ1n) is 9.28. The number of carbonyl (C=O) groups excluding carboxylic acids is 1. The molecule has 156 valence electrons. The number of H-pyrrole nitrogens is 1. The molecule has 0 saturated carbocycles. The fourth-order valence-corrected chi connectivity index (χ4v) is 3.41. The van der Waals surface area contributed by atoms with E-state index in [-0.39, 0.29) is 22.7 Å². The van der Waals surface area contributed by atoms with Gasteiger partial charge in [-0.05, 0) is 20.8 Å². The molecule has 0 aliphatic heterocycles. The third-order valence-corrected chi connectivity index (χ3v) is 4.84. The van der Waals surface area contributed by atoms with Gasteiger partial charge in [0.15, 0.2) is 17.3 Å². The van der Waals surface area contributed by atoms with E-state index in [9.17, 15) is 4.79 Å². The molecule has 0 unspecified atom stereocenters. The Labute approximate surface area is 175 Å². The van der Waals surface area contributed by atoms with E-state index in [1.54, 1.807) is 29.9 Å². The largest absolute Gasteiger partial charge is 0.379 e. The zero-order valence-electron chi connectivity index (χ0n) is 16.5. The minimum atomic E-state index is -0.669. The van der Waals surface area contributed by atoms with Crippen molar-refractivity contribution in [3.05, 3.63) is 35.6 Å². The number of halogens is 2. The number of carbonyl (C=O) groups is 1. The van der Waals surface area contributed by atoms with Crippen molar-refractivity contribution in [2.45, 2.75) is 32.9 Å². The predicted molar refractivity (Wildman–Crippen MR) is 114 cm³/mol. The molecule has 3 heterocycles. The van der Waals surface area contributed by atoms with Gasteiger partial charge in [-0.25, -0.2) is 9.37 Å². The van der Waals surface area contributed by atoms with Crippen LogP contribution in [0.3, 0.4) is 0 Å². The molecule has 1 aromatic carbocycles. The summed E-state index contributed by atoms with van der Waals surface area (Å²) >= 11 is 6.42. The van der Waals surface area contributed by atoms with Crippen LogP contribution in [0.4, 0.5) is 15.9 Å². The SMILES string of the molecule is CC(C)Nc1c(F)c(Cl)c(-c2cn3cc(NC(=O)[C@H](C)N)nc3cn2)c2cn[nH]c12. The van der Waals surface area contributed by atoms with Crippen LogP contribution in [0.5, 0.6) is 0 Å². The number of aromatic amines is 1. The molecule has 3 aromatic heterocycles. The molecule has 1 amide bonds. The molecule has 11 heteroatoms. The predicted octanol–water partition coefficient (Wildman–Crippen LogP) is 3.17. The molecule has 0 aliphatic rings. The topological polar surface area (TPSA) is 126 Å². The van der Waals surface area contributed by atoms with E-state index in [2.05, 4.69) is 30.8 Å². The molecule has 1 atom stereocenters. The van der Waals surface area contributed by atoms with Gasteiger partial charge in [0.2, 0.25) is 5.91 Å². The quantitative estimate of drug-likeness (QED) is 0.385. The van der Waals surface area contributed by atoms with E-state index < -0.39 is 11.9 Å². The zero-order valence-corrected chi connectivity index (χ0v) is 17.3. The maximum atomic E-state index is 15.1. The van der Waals surface area contributed by atoms with Crippen LogP contribution in [-0.2, 0) is 4.79 Å². The molecule has 0 aliphatic carbocycles. The fraction of sp³-hybridized carbons (Fsp3) is 0.263. The average molecular weight is 431 g/mol. The first-order valence-corrected chi connectivity index (χ1v) is 9.66. The van der Waals surface area contributed by atoms with Crippen molar-refractivity contribution in [1.29, 1.82) is 0 Å². The summed E-state index contributed by atoms with van der Waals surface area (Å²) in [4.78, 5) is 20.5. The van der Waals surface area contributed by atoms with E-state index in [4.69, 9.17) is 17.3 Å². The molecular formula is C19H20ClFN8O. The van der Waals surface area contributed by atoms with Crippen molar-refractivity contribution in [3.63, 3.8) is 0 Å². The van der Waals surface area contributed by atoms with Crippen molar-refractivity contribution in [2.24, 2.45) is 5.73 Å². The Balaban J connectivity index is 1.83. The normalized spacial score (nSPS) is 12.6. The van der Waals surface area contributed by atoms with Crippen LogP contribution in [0.1, 0.15) is 20.8 Å². The van der Waals surface area contributed by atoms with Crippen LogP contribution in [0.2, 0.25) is 5.02 Å². The van der Waals surface area contributed by atoms with E-state index in [0.717, 1.165) is 0 Å². The van der Waals surface area contributed by atoms with E-state index in [1.165, 1.54) is 6.20 Å². The summed E-state index contributed by atoms with van der Waals surface area (Å²) in [6, 6.07) is -0.671. The van der Waals surface area contributed by atoms with Crippen LogP contribution in [0, 0.1) is 5.82 Å². The molecule has 9 nitrogen and oxygen atoms in total. The number of hydrogen-bond acceptors (Lipinski definition) is 6. The Morgan fingerprint density at radius 2 is 2.07 bits per heavy atom. The molecule has 30 heavy (non-hydrogen) atoms. The molecular weight excluding hydrogens is 411 g/mol. The van der Waals surface area contributed by atoms with Gasteiger partial charge in [0.25, 0.3) is 0 Å². The number of rotatable bonds is 5. The Morgan fingerprint density at radius 3 is 2.77 bits per heavy atom. The monoisotopic (exact) mass is 430 g/mol. The number of anilines is 2. The molecule has 0 saturated heterocycles. The average Bonchev–Trinajstić information content (AvgIpc) is 3.31. The first kappa shape index (κ1) is 20.0. The number of aromatic nitrogens is 5. The van der Waals surface area contributed by atoms with Crippen molar-refractivity contribution < 1.29 is 9.18 Å². The third-order valence-electron chi connectivity index (χ3n) is 4.49. The molecule has 4 rings (SSSR count). The van der Waals surface area contributed by atoms with Crippen LogP contribution >= 0.6 is 11.6 Å². The second-order valence-electron chi connectivity index (χ2n) is 7.28. The van der Waals surface area contributed by atoms with Crippen molar-refractivity contribution in [3.8, 4) is 11.3 Å². The minimum absolute atomic E-state index is 0.00166. The van der Waals surface area contributed by atoms with Gasteiger partial charge in [-0.3, -0.25) is 14.9 Å². The lowest BCUT2D eigenvalue weighted by molar-refractivity contribution is -0.117. The van der Waals surface area contributed by atoms with Gasteiger partial charge >= 0.3 is 0 Å². The summed E-state index contributed by atoms with van der Waals surface area (Å²) in [6.45, 7) is 5.38. The van der Waals surface area contributed by atoms with E-state index in [0.29, 0.717) is 33.6 Å². The Hall–Kier alpha value is -3.24. The van der Waals surface area contributed by atoms with Gasteiger partial charge in [0, 0.05) is 23.2 Å². The number of nitrogens with one attached hydrogen (secondary N) is 3. The van der Waals surface area contributed by atoms with Crippen LogP contribution in [0.25, 0.3) is 27.8 Å². The summed E-state index contributed by atoms with van der Waals surface area (Å²) < 4.78 is 16.8. The van der Waals surface area contributed by atoms with E-state index >= 15 is 4.39 Å². The van der Waals surface area contributed by atoms with E-state index in [1.807, 2.05) is 13.8 Å². The number of hydrogen-bond donors (Lipinski definition) is 4. The summed E-state index contributed by atoms with van der Waals surface area (Å²) in [7, 11) is 0. The van der Waals surface area contributed by atoms with Gasteiger partial charge < -0.3 is 20.8 Å². The lowest BCUT2D eigenvalue weighted by Gasteiger charge is -2.15. The molecule has 0 spiro atoms. The Bertz CT molecular complexity index is 1260. The molecule has 5 N–H and O–H groups in total. The number of imidazole rings is 1. The molecule has 4 aromatic rings. The number of nitrogens with zero attached hydrogens (tertiary/aromatic N) is 4. The fourth-order valence-electron chi connectivity index (χ4n) is 3.12. The highest BCUT2D eigenvalue weighted by Gasteiger charge is 2.23. The lowest BCUT2D eigenvalue weighted by atomic mass is 10.1. The standard InChI is InChI=1S/C19H20ClFN8O/c1-8(2)25-18-16(21)15(20)14(10-4-24-28-17(10)18)11-6-29-7-12(26-13(29)5-23-11)27-19(30)9(3)22/h4-9,25H,22H2,1-3H3,(H,24,28)(H,27,30)/t9-/m0/s1. The second-order valence-corrected chi connectivity index (χ2v) is 7.66. The first-order chi connectivity index (χ1) is 14.3. The van der Waals surface area contributed by atoms with Crippen molar-refractivity contribution >= 4 is 45.6 Å². The summed E-state index contributed by atoms with van der Waals surface area (Å²) in [6.07, 6.45) is 6.37. The van der Waals surface area contributed by atoms with Crippen molar-refractivity contribution in [1.82, 2.24) is 24.6 Å². The maximum Gasteiger partial charge on any atom is 0.242 e. The zero-order chi connectivity index (χ0) is 21.6. The van der Waals surface area contributed by atoms with Gasteiger partial charge in [-0.1, -0.05) is 11.6 Å². The highest BCUT2D eigenvalue weighted by Crippen LogP contribution is 2.40. The third kappa shape index (κ3) is 3.44. The smallest absolute Gasteiger partial charge is 0.242 e. The number of fused-ring (bicyclic) bond motifs is 2. The number of nitrogens with two attached hydrogens (primary N) is 1. The highest BCUT2D eigenvalue weighted by atomic mass is 35.5. The molecule has 0 bridgehead atoms. The second kappa shape index (κ2) is 7.54. The summed E-state index contributed by atoms with van der Waals surface area (Å²) in [5.74, 6) is -0.613. The number of amides is 1. The van der Waals surface area contributed by atoms with Crippen molar-refractivity contribution in [2.75, 3.05) is 10.6 Å². The van der Waals surface area contributed by atoms with Gasteiger partial charge in [-0.15, -0.1) is 0 Å². The molecule has 0 radical (unpaired) electrons.